The van der Waals surface area contributed by atoms with Gasteiger partial charge >= 0.3 is 0 Å². The van der Waals surface area contributed by atoms with Crippen LogP contribution in [0, 0.1) is 0 Å². The molecule has 0 saturated carbocycles. The molecule has 0 N–H and O–H groups in total. The molecule has 2 aromatic rings. The van der Waals surface area contributed by atoms with Gasteiger partial charge in [0.05, 0.1) is 15.7 Å². The molecule has 2 atom stereocenters. The van der Waals surface area contributed by atoms with E-state index in [9.17, 15) is 0 Å². The molecule has 1 aliphatic heterocycles. The van der Waals surface area contributed by atoms with Crippen molar-refractivity contribution < 1.29 is 0 Å². The molecule has 1 aromatic heterocycles. The van der Waals surface area contributed by atoms with Gasteiger partial charge in [-0.25, -0.2) is 10.3 Å². The molecule has 0 amide bonds. The Labute approximate surface area is 99.7 Å². The molecule has 1 aromatic carbocycles. The van der Waals surface area contributed by atoms with Crippen molar-refractivity contribution in [3.63, 3.8) is 0 Å². The minimum absolute atomic E-state index is 0.524. The molecule has 1 aliphatic rings. The van der Waals surface area contributed by atoms with Gasteiger partial charge in [-0.15, -0.1) is 11.3 Å². The van der Waals surface area contributed by atoms with Crippen LogP contribution in [0.2, 0.25) is 0 Å². The number of benzene rings is 1. The van der Waals surface area contributed by atoms with Gasteiger partial charge in [0.2, 0.25) is 0 Å². The number of nitrogens with zero attached hydrogens (tertiary/aromatic N) is 2. The molecule has 2 nitrogen and oxygen atoms in total. The van der Waals surface area contributed by atoms with Gasteiger partial charge in [-0.2, -0.15) is 0 Å². The third kappa shape index (κ3) is 1.85. The zero-order valence-electron chi connectivity index (χ0n) is 9.39. The van der Waals surface area contributed by atoms with Gasteiger partial charge in [-0.3, -0.25) is 0 Å². The van der Waals surface area contributed by atoms with Gasteiger partial charge in [0, 0.05) is 12.6 Å². The van der Waals surface area contributed by atoms with Crippen LogP contribution in [-0.4, -0.2) is 17.6 Å². The Morgan fingerprint density at radius 2 is 2.31 bits per heavy atom. The molecule has 0 aliphatic carbocycles. The van der Waals surface area contributed by atoms with Crippen molar-refractivity contribution in [3.8, 4) is 0 Å². The van der Waals surface area contributed by atoms with Crippen molar-refractivity contribution in [2.45, 2.75) is 31.7 Å². The van der Waals surface area contributed by atoms with E-state index in [1.807, 2.05) is 5.51 Å². The van der Waals surface area contributed by atoms with Crippen LogP contribution in [0.3, 0.4) is 0 Å². The van der Waals surface area contributed by atoms with Crippen LogP contribution in [0.15, 0.2) is 23.7 Å². The number of piperidine rings is 1. The Balaban J connectivity index is 1.92. The molecule has 1 radical (unpaired) electrons. The SMILES string of the molecule is CC1CC(c2ccc3ncsc3c2)CC[N]1. The zero-order valence-corrected chi connectivity index (χ0v) is 10.2. The van der Waals surface area contributed by atoms with Crippen LogP contribution in [-0.2, 0) is 0 Å². The molecular weight excluding hydrogens is 216 g/mol. The highest BCUT2D eigenvalue weighted by atomic mass is 32.1. The largest absolute Gasteiger partial charge is 0.245 e. The highest BCUT2D eigenvalue weighted by molar-refractivity contribution is 7.16. The third-order valence-corrected chi connectivity index (χ3v) is 4.16. The Hall–Kier alpha value is -0.930. The summed E-state index contributed by atoms with van der Waals surface area (Å²) in [6, 6.07) is 7.23. The molecule has 2 unspecified atom stereocenters. The normalized spacial score (nSPS) is 26.1. The summed E-state index contributed by atoms with van der Waals surface area (Å²) in [7, 11) is 0. The first kappa shape index (κ1) is 10.2. The molecule has 83 valence electrons. The van der Waals surface area contributed by atoms with Crippen LogP contribution in [0.25, 0.3) is 10.2 Å². The summed E-state index contributed by atoms with van der Waals surface area (Å²) in [4.78, 5) is 4.32. The molecule has 16 heavy (non-hydrogen) atoms. The number of fused-ring (bicyclic) bond motifs is 1. The fourth-order valence-electron chi connectivity index (χ4n) is 2.48. The standard InChI is InChI=1S/C13H15N2S/c1-9-6-11(4-5-14-9)10-2-3-12-13(7-10)16-8-15-12/h2-3,7-9,11H,4-6H2,1H3. The number of rotatable bonds is 1. The monoisotopic (exact) mass is 231 g/mol. The van der Waals surface area contributed by atoms with Crippen molar-refractivity contribution >= 4 is 21.6 Å². The summed E-state index contributed by atoms with van der Waals surface area (Å²) in [5, 5.41) is 4.55. The van der Waals surface area contributed by atoms with E-state index < -0.39 is 0 Å². The summed E-state index contributed by atoms with van der Waals surface area (Å²) in [5.41, 5.74) is 4.52. The summed E-state index contributed by atoms with van der Waals surface area (Å²) in [6.45, 7) is 3.24. The lowest BCUT2D eigenvalue weighted by Gasteiger charge is -2.26. The van der Waals surface area contributed by atoms with Crippen molar-refractivity contribution in [2.75, 3.05) is 6.54 Å². The average molecular weight is 231 g/mol. The van der Waals surface area contributed by atoms with Crippen LogP contribution in [0.1, 0.15) is 31.2 Å². The van der Waals surface area contributed by atoms with Crippen molar-refractivity contribution in [3.05, 3.63) is 29.3 Å². The predicted molar refractivity (Wildman–Crippen MR) is 68.1 cm³/mol. The first-order valence-corrected chi connectivity index (χ1v) is 6.70. The quantitative estimate of drug-likeness (QED) is 0.740. The molecular formula is C13H15N2S. The zero-order chi connectivity index (χ0) is 11.0. The van der Waals surface area contributed by atoms with Gasteiger partial charge in [-0.1, -0.05) is 6.07 Å². The Morgan fingerprint density at radius 3 is 3.19 bits per heavy atom. The van der Waals surface area contributed by atoms with E-state index >= 15 is 0 Å². The fourth-order valence-corrected chi connectivity index (χ4v) is 3.21. The van der Waals surface area contributed by atoms with E-state index in [4.69, 9.17) is 0 Å². The maximum Gasteiger partial charge on any atom is 0.0812 e. The van der Waals surface area contributed by atoms with Gasteiger partial charge in [0.25, 0.3) is 0 Å². The molecule has 2 heterocycles. The Kier molecular flexibility index (Phi) is 2.65. The fraction of sp³-hybridized carbons (Fsp3) is 0.462. The second-order valence-corrected chi connectivity index (χ2v) is 5.44. The van der Waals surface area contributed by atoms with E-state index in [-0.39, 0.29) is 0 Å². The first-order valence-electron chi connectivity index (χ1n) is 5.82. The van der Waals surface area contributed by atoms with Crippen LogP contribution in [0.5, 0.6) is 0 Å². The maximum absolute atomic E-state index is 4.55. The van der Waals surface area contributed by atoms with E-state index in [2.05, 4.69) is 35.4 Å². The van der Waals surface area contributed by atoms with Gasteiger partial charge in [0.15, 0.2) is 0 Å². The highest BCUT2D eigenvalue weighted by Crippen LogP contribution is 2.31. The van der Waals surface area contributed by atoms with Crippen LogP contribution >= 0.6 is 11.3 Å². The third-order valence-electron chi connectivity index (χ3n) is 3.37. The van der Waals surface area contributed by atoms with Gasteiger partial charge in [-0.05, 0) is 43.4 Å². The summed E-state index contributed by atoms with van der Waals surface area (Å²) < 4.78 is 1.31. The molecule has 1 fully saturated rings. The maximum atomic E-state index is 4.55. The lowest BCUT2D eigenvalue weighted by atomic mass is 9.87. The minimum Gasteiger partial charge on any atom is -0.245 e. The van der Waals surface area contributed by atoms with Crippen molar-refractivity contribution in [1.82, 2.24) is 10.3 Å². The summed E-state index contributed by atoms with van der Waals surface area (Å²) >= 11 is 1.73. The smallest absolute Gasteiger partial charge is 0.0812 e. The van der Waals surface area contributed by atoms with Crippen molar-refractivity contribution in [2.24, 2.45) is 0 Å². The lowest BCUT2D eigenvalue weighted by Crippen LogP contribution is -2.29. The molecule has 0 bridgehead atoms. The summed E-state index contributed by atoms with van der Waals surface area (Å²) in [5.74, 6) is 0.694. The topological polar surface area (TPSA) is 27.0 Å². The van der Waals surface area contributed by atoms with Crippen LogP contribution < -0.4 is 5.32 Å². The Morgan fingerprint density at radius 1 is 1.38 bits per heavy atom. The lowest BCUT2D eigenvalue weighted by molar-refractivity contribution is 0.374. The molecule has 0 spiro atoms. The number of hydrogen-bond donors (Lipinski definition) is 0. The highest BCUT2D eigenvalue weighted by Gasteiger charge is 2.20. The second kappa shape index (κ2) is 4.15. The van der Waals surface area contributed by atoms with E-state index in [0.29, 0.717) is 12.0 Å². The van der Waals surface area contributed by atoms with Gasteiger partial charge in [0.1, 0.15) is 0 Å². The Bertz CT molecular complexity index is 491. The second-order valence-electron chi connectivity index (χ2n) is 4.56. The average Bonchev–Trinajstić information content (AvgIpc) is 2.75. The minimum atomic E-state index is 0.524. The molecule has 1 saturated heterocycles. The summed E-state index contributed by atoms with van der Waals surface area (Å²) in [6.07, 6.45) is 2.40. The number of aromatic nitrogens is 1. The van der Waals surface area contributed by atoms with Crippen LogP contribution in [0.4, 0.5) is 0 Å². The number of thiazole rings is 1. The molecule has 3 heteroatoms. The predicted octanol–water partition coefficient (Wildman–Crippen LogP) is 3.17. The van der Waals surface area contributed by atoms with E-state index in [0.717, 1.165) is 12.1 Å². The molecule has 3 rings (SSSR count). The van der Waals surface area contributed by atoms with Crippen molar-refractivity contribution in [1.29, 1.82) is 0 Å². The van der Waals surface area contributed by atoms with E-state index in [1.165, 1.54) is 23.1 Å². The van der Waals surface area contributed by atoms with E-state index in [1.54, 1.807) is 11.3 Å². The van der Waals surface area contributed by atoms with Gasteiger partial charge < -0.3 is 0 Å². The first-order chi connectivity index (χ1) is 7.83. The number of hydrogen-bond acceptors (Lipinski definition) is 2.